The average Bonchev–Trinajstić information content (AvgIpc) is 2.55. The van der Waals surface area contributed by atoms with Crippen molar-refractivity contribution in [3.8, 4) is 0 Å². The molecule has 1 aliphatic rings. The Balaban J connectivity index is 2.02. The molecule has 1 N–H and O–H groups in total. The first-order valence-electron chi connectivity index (χ1n) is 8.38. The van der Waals surface area contributed by atoms with Crippen LogP contribution in [-0.4, -0.2) is 23.8 Å². The van der Waals surface area contributed by atoms with Gasteiger partial charge < -0.3 is 10.0 Å². The molecule has 1 heterocycles. The standard InChI is InChI=1S/C20H23ClN2O2/c1-20(2,3)18-13-22(12-14-8-10-15(21)11-9-14)16-6-4-5-7-17(16)23(18)19(24)25/h4-11,18H,12-13H2,1-3H3,(H,24,25). The van der Waals surface area contributed by atoms with Crippen molar-refractivity contribution in [1.29, 1.82) is 0 Å². The molecular weight excluding hydrogens is 336 g/mol. The lowest BCUT2D eigenvalue weighted by atomic mass is 9.83. The number of para-hydroxylation sites is 2. The van der Waals surface area contributed by atoms with Crippen LogP contribution in [0.25, 0.3) is 0 Å². The van der Waals surface area contributed by atoms with E-state index in [-0.39, 0.29) is 11.5 Å². The van der Waals surface area contributed by atoms with E-state index in [1.165, 1.54) is 4.90 Å². The summed E-state index contributed by atoms with van der Waals surface area (Å²) in [6.45, 7) is 7.62. The van der Waals surface area contributed by atoms with Crippen molar-refractivity contribution in [2.45, 2.75) is 33.4 Å². The van der Waals surface area contributed by atoms with Gasteiger partial charge in [0.25, 0.3) is 0 Å². The van der Waals surface area contributed by atoms with Gasteiger partial charge in [0.2, 0.25) is 0 Å². The minimum absolute atomic E-state index is 0.132. The van der Waals surface area contributed by atoms with Gasteiger partial charge in [-0.1, -0.05) is 56.6 Å². The van der Waals surface area contributed by atoms with Crippen molar-refractivity contribution in [2.75, 3.05) is 16.3 Å². The second-order valence-electron chi connectivity index (χ2n) is 7.53. The maximum Gasteiger partial charge on any atom is 0.412 e. The zero-order valence-corrected chi connectivity index (χ0v) is 15.5. The van der Waals surface area contributed by atoms with Crippen molar-refractivity contribution in [3.63, 3.8) is 0 Å². The number of fused-ring (bicyclic) bond motifs is 1. The van der Waals surface area contributed by atoms with E-state index in [0.717, 1.165) is 16.9 Å². The fourth-order valence-corrected chi connectivity index (χ4v) is 3.48. The molecule has 3 rings (SSSR count). The summed E-state index contributed by atoms with van der Waals surface area (Å²) in [7, 11) is 0. The van der Waals surface area contributed by atoms with E-state index < -0.39 is 6.09 Å². The molecule has 1 unspecified atom stereocenters. The van der Waals surface area contributed by atoms with Crippen LogP contribution in [0.1, 0.15) is 26.3 Å². The van der Waals surface area contributed by atoms with E-state index in [9.17, 15) is 9.90 Å². The molecule has 25 heavy (non-hydrogen) atoms. The number of hydrogen-bond acceptors (Lipinski definition) is 2. The lowest BCUT2D eigenvalue weighted by Gasteiger charge is -2.47. The summed E-state index contributed by atoms with van der Waals surface area (Å²) >= 11 is 5.99. The Bertz CT molecular complexity index is 768. The van der Waals surface area contributed by atoms with E-state index in [0.29, 0.717) is 18.1 Å². The van der Waals surface area contributed by atoms with E-state index in [4.69, 9.17) is 11.6 Å². The quantitative estimate of drug-likeness (QED) is 0.796. The maximum atomic E-state index is 12.0. The van der Waals surface area contributed by atoms with Gasteiger partial charge in [-0.15, -0.1) is 0 Å². The van der Waals surface area contributed by atoms with Gasteiger partial charge in [-0.3, -0.25) is 4.90 Å². The number of anilines is 2. The number of carboxylic acid groups (broad SMARTS) is 1. The summed E-state index contributed by atoms with van der Waals surface area (Å²) in [5.74, 6) is 0. The SMILES string of the molecule is CC(C)(C)C1CN(Cc2ccc(Cl)cc2)c2ccccc2N1C(=O)O. The van der Waals surface area contributed by atoms with Crippen molar-refractivity contribution in [3.05, 3.63) is 59.1 Å². The molecule has 2 aromatic rings. The molecule has 0 spiro atoms. The molecular formula is C20H23ClN2O2. The highest BCUT2D eigenvalue weighted by molar-refractivity contribution is 6.30. The topological polar surface area (TPSA) is 43.8 Å². The monoisotopic (exact) mass is 358 g/mol. The number of carbonyl (C=O) groups is 1. The highest BCUT2D eigenvalue weighted by atomic mass is 35.5. The summed E-state index contributed by atoms with van der Waals surface area (Å²) in [4.78, 5) is 15.7. The number of hydrogen-bond donors (Lipinski definition) is 1. The molecule has 0 saturated heterocycles. The Morgan fingerprint density at radius 1 is 1.12 bits per heavy atom. The second kappa shape index (κ2) is 6.60. The summed E-state index contributed by atoms with van der Waals surface area (Å²) in [5.41, 5.74) is 2.66. The molecule has 0 bridgehead atoms. The van der Waals surface area contributed by atoms with Crippen molar-refractivity contribution in [1.82, 2.24) is 0 Å². The van der Waals surface area contributed by atoms with Crippen LogP contribution in [0.4, 0.5) is 16.2 Å². The number of halogens is 1. The molecule has 0 radical (unpaired) electrons. The largest absolute Gasteiger partial charge is 0.465 e. The smallest absolute Gasteiger partial charge is 0.412 e. The highest BCUT2D eigenvalue weighted by Gasteiger charge is 2.40. The molecule has 5 heteroatoms. The highest BCUT2D eigenvalue weighted by Crippen LogP contribution is 2.41. The first-order chi connectivity index (χ1) is 11.8. The molecule has 1 amide bonds. The van der Waals surface area contributed by atoms with E-state index in [1.54, 1.807) is 0 Å². The minimum atomic E-state index is -0.904. The van der Waals surface area contributed by atoms with Crippen molar-refractivity contribution >= 4 is 29.1 Å². The molecule has 0 fully saturated rings. The van der Waals surface area contributed by atoms with Gasteiger partial charge in [0, 0.05) is 18.1 Å². The summed E-state index contributed by atoms with van der Waals surface area (Å²) in [6.07, 6.45) is -0.904. The summed E-state index contributed by atoms with van der Waals surface area (Å²) in [5, 5.41) is 10.5. The van der Waals surface area contributed by atoms with Crippen molar-refractivity contribution < 1.29 is 9.90 Å². The van der Waals surface area contributed by atoms with Gasteiger partial charge >= 0.3 is 6.09 Å². The molecule has 0 saturated carbocycles. The molecule has 1 atom stereocenters. The van der Waals surface area contributed by atoms with Crippen LogP contribution in [-0.2, 0) is 6.54 Å². The third kappa shape index (κ3) is 3.59. The molecule has 0 aliphatic carbocycles. The molecule has 132 valence electrons. The normalized spacial score (nSPS) is 17.4. The van der Waals surface area contributed by atoms with E-state index in [1.807, 2.05) is 48.5 Å². The Morgan fingerprint density at radius 2 is 1.72 bits per heavy atom. The van der Waals surface area contributed by atoms with Crippen LogP contribution >= 0.6 is 11.6 Å². The summed E-state index contributed by atoms with van der Waals surface area (Å²) in [6, 6.07) is 15.4. The number of amides is 1. The Morgan fingerprint density at radius 3 is 2.28 bits per heavy atom. The van der Waals surface area contributed by atoms with Crippen molar-refractivity contribution in [2.24, 2.45) is 5.41 Å². The Hall–Kier alpha value is -2.20. The zero-order valence-electron chi connectivity index (χ0n) is 14.7. The fraction of sp³-hybridized carbons (Fsp3) is 0.350. The maximum absolute atomic E-state index is 12.0. The van der Waals surface area contributed by atoms with Crippen LogP contribution in [0.2, 0.25) is 5.02 Å². The predicted molar refractivity (Wildman–Crippen MR) is 103 cm³/mol. The minimum Gasteiger partial charge on any atom is -0.465 e. The lowest BCUT2D eigenvalue weighted by Crippen LogP contribution is -2.56. The number of benzene rings is 2. The van der Waals surface area contributed by atoms with Crippen LogP contribution in [0.15, 0.2) is 48.5 Å². The van der Waals surface area contributed by atoms with Gasteiger partial charge in [0.15, 0.2) is 0 Å². The molecule has 0 aromatic heterocycles. The summed E-state index contributed by atoms with van der Waals surface area (Å²) < 4.78 is 0. The second-order valence-corrected chi connectivity index (χ2v) is 7.97. The van der Waals surface area contributed by atoms with Crippen LogP contribution in [0, 0.1) is 5.41 Å². The van der Waals surface area contributed by atoms with E-state index >= 15 is 0 Å². The van der Waals surface area contributed by atoms with Gasteiger partial charge in [-0.25, -0.2) is 4.79 Å². The average molecular weight is 359 g/mol. The molecule has 2 aromatic carbocycles. The third-order valence-electron chi connectivity index (χ3n) is 4.68. The fourth-order valence-electron chi connectivity index (χ4n) is 3.35. The van der Waals surface area contributed by atoms with Gasteiger partial charge in [-0.2, -0.15) is 0 Å². The van der Waals surface area contributed by atoms with E-state index in [2.05, 4.69) is 25.7 Å². The van der Waals surface area contributed by atoms with Crippen LogP contribution in [0.5, 0.6) is 0 Å². The zero-order chi connectivity index (χ0) is 18.2. The van der Waals surface area contributed by atoms with Crippen LogP contribution < -0.4 is 9.80 Å². The number of rotatable bonds is 2. The Kier molecular flexibility index (Phi) is 4.65. The van der Waals surface area contributed by atoms with Crippen LogP contribution in [0.3, 0.4) is 0 Å². The van der Waals surface area contributed by atoms with Gasteiger partial charge in [-0.05, 0) is 35.2 Å². The first kappa shape index (κ1) is 17.6. The van der Waals surface area contributed by atoms with Gasteiger partial charge in [0.1, 0.15) is 0 Å². The molecule has 4 nitrogen and oxygen atoms in total. The first-order valence-corrected chi connectivity index (χ1v) is 8.76. The van der Waals surface area contributed by atoms with Gasteiger partial charge in [0.05, 0.1) is 17.4 Å². The molecule has 1 aliphatic heterocycles. The Labute approximate surface area is 153 Å². The number of nitrogens with zero attached hydrogens (tertiary/aromatic N) is 2. The third-order valence-corrected chi connectivity index (χ3v) is 4.93. The predicted octanol–water partition coefficient (Wildman–Crippen LogP) is 5.26. The lowest BCUT2D eigenvalue weighted by molar-refractivity contribution is 0.188.